The Kier molecular flexibility index (Phi) is 4.59. The lowest BCUT2D eigenvalue weighted by molar-refractivity contribution is -0.139. The van der Waals surface area contributed by atoms with Crippen LogP contribution in [0.25, 0.3) is 0 Å². The van der Waals surface area contributed by atoms with E-state index in [0.29, 0.717) is 25.3 Å². The first-order valence-electron chi connectivity index (χ1n) is 6.77. The number of hydrogen-bond acceptors (Lipinski definition) is 3. The Bertz CT molecular complexity index is 707. The number of carbonyl (C=O) groups is 1. The van der Waals surface area contributed by atoms with E-state index < -0.39 is 37.0 Å². The lowest BCUT2D eigenvalue weighted by atomic mass is 10.00. The highest BCUT2D eigenvalue weighted by Crippen LogP contribution is 2.40. The number of halogens is 4. The van der Waals surface area contributed by atoms with Crippen molar-refractivity contribution in [2.45, 2.75) is 48.9 Å². The monoisotopic (exact) mass is 354 g/mol. The molecule has 2 rings (SSSR count). The maximum Gasteiger partial charge on any atom is 0.417 e. The summed E-state index contributed by atoms with van der Waals surface area (Å²) in [6.07, 6.45) is -3.27. The molecule has 0 atom stereocenters. The standard InChI is InChI=1S/C14H14ClF3O3S/c1-2-8-6-12(22(20,21)9-4-3-5-9)11(14(16,17)18)7-10(8)13(15)19/h6-7,9H,2-5H2,1H3. The molecule has 0 unspecified atom stereocenters. The van der Waals surface area contributed by atoms with Gasteiger partial charge in [-0.2, -0.15) is 13.2 Å². The van der Waals surface area contributed by atoms with Crippen LogP contribution in [0, 0.1) is 0 Å². The SMILES string of the molecule is CCc1cc(S(=O)(=O)C2CCC2)c(C(F)(F)F)cc1C(=O)Cl. The fourth-order valence-electron chi connectivity index (χ4n) is 2.41. The lowest BCUT2D eigenvalue weighted by Crippen LogP contribution is -2.30. The highest BCUT2D eigenvalue weighted by Gasteiger charge is 2.42. The largest absolute Gasteiger partial charge is 0.417 e. The van der Waals surface area contributed by atoms with Crippen LogP contribution in [0.1, 0.15) is 47.7 Å². The second-order valence-corrected chi connectivity index (χ2v) is 7.77. The van der Waals surface area contributed by atoms with E-state index in [2.05, 4.69) is 0 Å². The van der Waals surface area contributed by atoms with Gasteiger partial charge in [0, 0.05) is 5.56 Å². The first-order chi connectivity index (χ1) is 10.1. The van der Waals surface area contributed by atoms with E-state index in [1.165, 1.54) is 0 Å². The van der Waals surface area contributed by atoms with E-state index >= 15 is 0 Å². The third-order valence-electron chi connectivity index (χ3n) is 3.90. The number of benzene rings is 1. The summed E-state index contributed by atoms with van der Waals surface area (Å²) in [4.78, 5) is 10.6. The number of rotatable bonds is 4. The van der Waals surface area contributed by atoms with Crippen LogP contribution in [0.4, 0.5) is 13.2 Å². The Balaban J connectivity index is 2.73. The average molecular weight is 355 g/mol. The Morgan fingerprint density at radius 1 is 1.32 bits per heavy atom. The Morgan fingerprint density at radius 2 is 1.91 bits per heavy atom. The summed E-state index contributed by atoms with van der Waals surface area (Å²) in [5.74, 6) is 0. The zero-order valence-electron chi connectivity index (χ0n) is 11.7. The van der Waals surface area contributed by atoms with Crippen molar-refractivity contribution < 1.29 is 26.4 Å². The molecule has 0 amide bonds. The molecule has 1 saturated carbocycles. The molecule has 0 heterocycles. The smallest absolute Gasteiger partial charge is 0.276 e. The molecular formula is C14H14ClF3O3S. The summed E-state index contributed by atoms with van der Waals surface area (Å²) in [6.45, 7) is 1.62. The lowest BCUT2D eigenvalue weighted by Gasteiger charge is -2.27. The predicted octanol–water partition coefficient (Wildman–Crippen LogP) is 3.97. The molecule has 22 heavy (non-hydrogen) atoms. The zero-order valence-corrected chi connectivity index (χ0v) is 13.3. The normalized spacial score (nSPS) is 16.4. The molecule has 0 aromatic heterocycles. The van der Waals surface area contributed by atoms with Gasteiger partial charge in [0.2, 0.25) is 0 Å². The van der Waals surface area contributed by atoms with E-state index in [0.717, 1.165) is 6.07 Å². The minimum atomic E-state index is -4.88. The summed E-state index contributed by atoms with van der Waals surface area (Å²) < 4.78 is 64.5. The molecule has 0 N–H and O–H groups in total. The molecule has 1 aromatic rings. The first kappa shape index (κ1) is 17.3. The van der Waals surface area contributed by atoms with E-state index in [1.54, 1.807) is 6.92 Å². The molecule has 0 bridgehead atoms. The summed E-state index contributed by atoms with van der Waals surface area (Å²) in [6, 6.07) is 1.51. The number of hydrogen-bond donors (Lipinski definition) is 0. The van der Waals surface area contributed by atoms with Crippen LogP contribution in [0.5, 0.6) is 0 Å². The van der Waals surface area contributed by atoms with Crippen molar-refractivity contribution in [2.24, 2.45) is 0 Å². The van der Waals surface area contributed by atoms with Crippen molar-refractivity contribution in [1.29, 1.82) is 0 Å². The van der Waals surface area contributed by atoms with Gasteiger partial charge in [-0.05, 0) is 48.6 Å². The molecule has 1 aliphatic carbocycles. The maximum atomic E-state index is 13.2. The zero-order chi connectivity index (χ0) is 16.7. The van der Waals surface area contributed by atoms with Gasteiger partial charge in [0.25, 0.3) is 5.24 Å². The van der Waals surface area contributed by atoms with Gasteiger partial charge < -0.3 is 0 Å². The highest BCUT2D eigenvalue weighted by molar-refractivity contribution is 7.92. The molecule has 8 heteroatoms. The molecule has 3 nitrogen and oxygen atoms in total. The fraction of sp³-hybridized carbons (Fsp3) is 0.500. The van der Waals surface area contributed by atoms with Crippen LogP contribution in [0.15, 0.2) is 17.0 Å². The van der Waals surface area contributed by atoms with E-state index in [-0.39, 0.29) is 17.5 Å². The van der Waals surface area contributed by atoms with Crippen LogP contribution < -0.4 is 0 Å². The molecule has 1 fully saturated rings. The van der Waals surface area contributed by atoms with Crippen LogP contribution in [-0.2, 0) is 22.4 Å². The highest BCUT2D eigenvalue weighted by atomic mass is 35.5. The average Bonchev–Trinajstić information content (AvgIpc) is 2.33. The second kappa shape index (κ2) is 5.85. The van der Waals surface area contributed by atoms with E-state index in [9.17, 15) is 26.4 Å². The maximum absolute atomic E-state index is 13.2. The Labute approximate surface area is 131 Å². The summed E-state index contributed by atoms with van der Waals surface area (Å²) >= 11 is 5.32. The van der Waals surface area contributed by atoms with Gasteiger partial charge in [-0.3, -0.25) is 4.79 Å². The molecule has 122 valence electrons. The van der Waals surface area contributed by atoms with Crippen molar-refractivity contribution in [1.82, 2.24) is 0 Å². The van der Waals surface area contributed by atoms with E-state index in [1.807, 2.05) is 0 Å². The van der Waals surface area contributed by atoms with Gasteiger partial charge in [-0.25, -0.2) is 8.42 Å². The van der Waals surface area contributed by atoms with Gasteiger partial charge in [0.05, 0.1) is 15.7 Å². The van der Waals surface area contributed by atoms with Crippen molar-refractivity contribution in [3.63, 3.8) is 0 Å². The summed E-state index contributed by atoms with van der Waals surface area (Å²) in [5.41, 5.74) is -1.42. The van der Waals surface area contributed by atoms with Gasteiger partial charge in [-0.15, -0.1) is 0 Å². The number of alkyl halides is 3. The molecule has 0 saturated heterocycles. The molecular weight excluding hydrogens is 341 g/mol. The quantitative estimate of drug-likeness (QED) is 0.769. The number of carbonyl (C=O) groups excluding carboxylic acids is 1. The van der Waals surface area contributed by atoms with Crippen molar-refractivity contribution in [3.05, 3.63) is 28.8 Å². The van der Waals surface area contributed by atoms with Crippen molar-refractivity contribution >= 4 is 26.7 Å². The number of sulfone groups is 1. The third kappa shape index (κ3) is 3.01. The first-order valence-corrected chi connectivity index (χ1v) is 8.69. The van der Waals surface area contributed by atoms with Crippen molar-refractivity contribution in [3.8, 4) is 0 Å². The van der Waals surface area contributed by atoms with Gasteiger partial charge in [0.1, 0.15) is 0 Å². The van der Waals surface area contributed by atoms with Gasteiger partial charge in [0.15, 0.2) is 9.84 Å². The van der Waals surface area contributed by atoms with E-state index in [4.69, 9.17) is 11.6 Å². The summed E-state index contributed by atoms with van der Waals surface area (Å²) in [7, 11) is -4.07. The molecule has 1 aliphatic rings. The molecule has 0 radical (unpaired) electrons. The molecule has 1 aromatic carbocycles. The molecule has 0 aliphatic heterocycles. The Morgan fingerprint density at radius 3 is 2.27 bits per heavy atom. The minimum absolute atomic E-state index is 0.200. The Hall–Kier alpha value is -1.08. The van der Waals surface area contributed by atoms with Crippen LogP contribution in [-0.4, -0.2) is 18.9 Å². The van der Waals surface area contributed by atoms with Crippen molar-refractivity contribution in [2.75, 3.05) is 0 Å². The van der Waals surface area contributed by atoms with Crippen LogP contribution in [0.2, 0.25) is 0 Å². The number of aryl methyl sites for hydroxylation is 1. The third-order valence-corrected chi connectivity index (χ3v) is 6.40. The topological polar surface area (TPSA) is 51.2 Å². The van der Waals surface area contributed by atoms with Crippen LogP contribution >= 0.6 is 11.6 Å². The fourth-order valence-corrected chi connectivity index (χ4v) is 4.69. The van der Waals surface area contributed by atoms with Crippen LogP contribution in [0.3, 0.4) is 0 Å². The summed E-state index contributed by atoms with van der Waals surface area (Å²) in [5, 5.41) is -1.81. The van der Waals surface area contributed by atoms with Gasteiger partial charge in [-0.1, -0.05) is 13.3 Å². The second-order valence-electron chi connectivity index (χ2n) is 5.23. The minimum Gasteiger partial charge on any atom is -0.276 e. The molecule has 0 spiro atoms. The predicted molar refractivity (Wildman–Crippen MR) is 75.8 cm³/mol. The van der Waals surface area contributed by atoms with Gasteiger partial charge >= 0.3 is 6.18 Å².